The van der Waals surface area contributed by atoms with Crippen molar-refractivity contribution in [3.8, 4) is 5.75 Å². The highest BCUT2D eigenvalue weighted by molar-refractivity contribution is 5.78. The van der Waals surface area contributed by atoms with Gasteiger partial charge in [0.25, 0.3) is 5.91 Å². The molecule has 0 aliphatic heterocycles. The van der Waals surface area contributed by atoms with Crippen LogP contribution in [0.3, 0.4) is 0 Å². The number of amides is 1. The van der Waals surface area contributed by atoms with Gasteiger partial charge in [0.15, 0.2) is 6.61 Å². The first-order valence-electron chi connectivity index (χ1n) is 9.30. The zero-order chi connectivity index (χ0) is 19.3. The fraction of sp³-hybridized carbons (Fsp3) is 0.435. The van der Waals surface area contributed by atoms with Gasteiger partial charge >= 0.3 is 0 Å². The maximum Gasteiger partial charge on any atom is 0.258 e. The maximum atomic E-state index is 12.3. The molecule has 0 aliphatic carbocycles. The molecule has 0 heterocycles. The van der Waals surface area contributed by atoms with E-state index in [1.807, 2.05) is 12.1 Å². The maximum absolute atomic E-state index is 12.3. The van der Waals surface area contributed by atoms with Crippen LogP contribution in [0.5, 0.6) is 5.75 Å². The minimum absolute atomic E-state index is 0.00923. The summed E-state index contributed by atoms with van der Waals surface area (Å²) in [6.45, 7) is 12.8. The van der Waals surface area contributed by atoms with Gasteiger partial charge in [-0.3, -0.25) is 4.79 Å². The van der Waals surface area contributed by atoms with Gasteiger partial charge in [0.2, 0.25) is 0 Å². The predicted octanol–water partition coefficient (Wildman–Crippen LogP) is 5.25. The molecule has 0 aliphatic rings. The molecular weight excluding hydrogens is 322 g/mol. The topological polar surface area (TPSA) is 38.3 Å². The van der Waals surface area contributed by atoms with E-state index in [-0.39, 0.29) is 24.0 Å². The summed E-state index contributed by atoms with van der Waals surface area (Å²) in [6, 6.07) is 14.3. The van der Waals surface area contributed by atoms with Crippen molar-refractivity contribution in [2.24, 2.45) is 0 Å². The Labute approximate surface area is 157 Å². The summed E-state index contributed by atoms with van der Waals surface area (Å²) in [4.78, 5) is 12.3. The molecule has 3 heteroatoms. The smallest absolute Gasteiger partial charge is 0.258 e. The highest BCUT2D eigenvalue weighted by Gasteiger charge is 2.16. The molecule has 0 unspecified atom stereocenters. The highest BCUT2D eigenvalue weighted by Crippen LogP contribution is 2.24. The van der Waals surface area contributed by atoms with Crippen LogP contribution in [0.1, 0.15) is 62.4 Å². The number of hydrogen-bond acceptors (Lipinski definition) is 2. The van der Waals surface area contributed by atoms with Gasteiger partial charge in [0.1, 0.15) is 5.75 Å². The van der Waals surface area contributed by atoms with Crippen LogP contribution in [-0.4, -0.2) is 12.5 Å². The largest absolute Gasteiger partial charge is 0.484 e. The van der Waals surface area contributed by atoms with Gasteiger partial charge < -0.3 is 10.1 Å². The second kappa shape index (κ2) is 8.39. The van der Waals surface area contributed by atoms with E-state index in [9.17, 15) is 4.79 Å². The lowest BCUT2D eigenvalue weighted by Crippen LogP contribution is -2.32. The normalized spacial score (nSPS) is 12.5. The van der Waals surface area contributed by atoms with Crippen molar-refractivity contribution in [2.75, 3.05) is 6.61 Å². The van der Waals surface area contributed by atoms with Crippen molar-refractivity contribution >= 4 is 5.91 Å². The van der Waals surface area contributed by atoms with E-state index in [0.29, 0.717) is 5.75 Å². The number of nitrogens with one attached hydrogen (secondary N) is 1. The Morgan fingerprint density at radius 3 is 2.27 bits per heavy atom. The molecule has 0 saturated heterocycles. The molecule has 26 heavy (non-hydrogen) atoms. The number of carbonyl (C=O) groups excluding carboxylic acids is 1. The SMILES string of the molecule is CC[C@@H](NC(=O)COc1ccc(C(C)(C)C)cc1)c1ccc(C)cc1C. The van der Waals surface area contributed by atoms with E-state index >= 15 is 0 Å². The molecule has 1 amide bonds. The lowest BCUT2D eigenvalue weighted by Gasteiger charge is -2.21. The Kier molecular flexibility index (Phi) is 6.47. The summed E-state index contributed by atoms with van der Waals surface area (Å²) in [7, 11) is 0. The van der Waals surface area contributed by atoms with Crippen LogP contribution in [0.25, 0.3) is 0 Å². The Hall–Kier alpha value is -2.29. The van der Waals surface area contributed by atoms with Crippen LogP contribution >= 0.6 is 0 Å². The lowest BCUT2D eigenvalue weighted by molar-refractivity contribution is -0.123. The monoisotopic (exact) mass is 353 g/mol. The molecule has 0 radical (unpaired) electrons. The zero-order valence-corrected chi connectivity index (χ0v) is 16.8. The number of benzene rings is 2. The molecule has 0 spiro atoms. The van der Waals surface area contributed by atoms with E-state index < -0.39 is 0 Å². The first-order valence-corrected chi connectivity index (χ1v) is 9.30. The fourth-order valence-corrected chi connectivity index (χ4v) is 3.05. The molecule has 1 N–H and O–H groups in total. The van der Waals surface area contributed by atoms with Crippen LogP contribution in [0.4, 0.5) is 0 Å². The Balaban J connectivity index is 1.95. The molecule has 1 atom stereocenters. The van der Waals surface area contributed by atoms with Crippen LogP contribution in [-0.2, 0) is 10.2 Å². The van der Waals surface area contributed by atoms with Crippen molar-refractivity contribution in [1.82, 2.24) is 5.32 Å². The summed E-state index contributed by atoms with van der Waals surface area (Å²) in [5.74, 6) is 0.615. The van der Waals surface area contributed by atoms with Crippen molar-refractivity contribution in [3.05, 3.63) is 64.7 Å². The van der Waals surface area contributed by atoms with Crippen LogP contribution in [0.15, 0.2) is 42.5 Å². The van der Waals surface area contributed by atoms with Crippen LogP contribution < -0.4 is 10.1 Å². The van der Waals surface area contributed by atoms with E-state index in [1.54, 1.807) is 0 Å². The molecule has 3 nitrogen and oxygen atoms in total. The van der Waals surface area contributed by atoms with Crippen LogP contribution in [0, 0.1) is 13.8 Å². The van der Waals surface area contributed by atoms with Crippen molar-refractivity contribution in [3.63, 3.8) is 0 Å². The number of carbonyl (C=O) groups is 1. The highest BCUT2D eigenvalue weighted by atomic mass is 16.5. The Bertz CT molecular complexity index is 742. The fourth-order valence-electron chi connectivity index (χ4n) is 3.05. The van der Waals surface area contributed by atoms with Gasteiger partial charge in [-0.2, -0.15) is 0 Å². The molecule has 0 saturated carbocycles. The molecule has 2 rings (SSSR count). The summed E-state index contributed by atoms with van der Waals surface area (Å²) in [5.41, 5.74) is 4.96. The summed E-state index contributed by atoms with van der Waals surface area (Å²) in [5, 5.41) is 3.09. The van der Waals surface area contributed by atoms with Gasteiger partial charge in [0, 0.05) is 0 Å². The van der Waals surface area contributed by atoms with Gasteiger partial charge in [0.05, 0.1) is 6.04 Å². The van der Waals surface area contributed by atoms with E-state index in [1.165, 1.54) is 22.3 Å². The van der Waals surface area contributed by atoms with E-state index in [4.69, 9.17) is 4.74 Å². The Morgan fingerprint density at radius 2 is 1.73 bits per heavy atom. The summed E-state index contributed by atoms with van der Waals surface area (Å²) >= 11 is 0. The zero-order valence-electron chi connectivity index (χ0n) is 16.8. The van der Waals surface area contributed by atoms with Crippen molar-refractivity contribution in [2.45, 2.75) is 59.4 Å². The number of rotatable bonds is 6. The quantitative estimate of drug-likeness (QED) is 0.770. The third-order valence-electron chi connectivity index (χ3n) is 4.63. The minimum atomic E-state index is -0.100. The molecule has 140 valence electrons. The second-order valence-corrected chi connectivity index (χ2v) is 7.95. The number of ether oxygens (including phenoxy) is 1. The molecule has 2 aromatic carbocycles. The standard InChI is InChI=1S/C23H31NO2/c1-7-21(20-13-8-16(2)14-17(20)3)24-22(25)15-26-19-11-9-18(10-12-19)23(4,5)6/h8-14,21H,7,15H2,1-6H3,(H,24,25)/t21-/m1/s1. The Morgan fingerprint density at radius 1 is 1.08 bits per heavy atom. The minimum Gasteiger partial charge on any atom is -0.484 e. The van der Waals surface area contributed by atoms with Gasteiger partial charge in [-0.05, 0) is 54.5 Å². The second-order valence-electron chi connectivity index (χ2n) is 7.95. The average molecular weight is 354 g/mol. The van der Waals surface area contributed by atoms with E-state index in [2.05, 4.69) is 77.2 Å². The van der Waals surface area contributed by atoms with Crippen molar-refractivity contribution < 1.29 is 9.53 Å². The van der Waals surface area contributed by atoms with Crippen molar-refractivity contribution in [1.29, 1.82) is 0 Å². The van der Waals surface area contributed by atoms with Crippen LogP contribution in [0.2, 0.25) is 0 Å². The first kappa shape index (κ1) is 20.0. The predicted molar refractivity (Wildman–Crippen MR) is 108 cm³/mol. The van der Waals surface area contributed by atoms with Gasteiger partial charge in [-0.15, -0.1) is 0 Å². The molecular formula is C23H31NO2. The third-order valence-corrected chi connectivity index (χ3v) is 4.63. The van der Waals surface area contributed by atoms with E-state index in [0.717, 1.165) is 6.42 Å². The summed E-state index contributed by atoms with van der Waals surface area (Å²) in [6.07, 6.45) is 0.843. The molecule has 0 bridgehead atoms. The summed E-state index contributed by atoms with van der Waals surface area (Å²) < 4.78 is 5.65. The average Bonchev–Trinajstić information content (AvgIpc) is 2.58. The molecule has 0 fully saturated rings. The number of aryl methyl sites for hydroxylation is 2. The molecule has 0 aromatic heterocycles. The first-order chi connectivity index (χ1) is 12.2. The lowest BCUT2D eigenvalue weighted by atomic mass is 9.87. The van der Waals surface area contributed by atoms with Gasteiger partial charge in [-0.25, -0.2) is 0 Å². The van der Waals surface area contributed by atoms with Gasteiger partial charge in [-0.1, -0.05) is 63.6 Å². The third kappa shape index (κ3) is 5.35. The number of hydrogen-bond donors (Lipinski definition) is 1. The molecule has 2 aromatic rings.